The lowest BCUT2D eigenvalue weighted by atomic mass is 9.95. The minimum absolute atomic E-state index is 0.0532. The summed E-state index contributed by atoms with van der Waals surface area (Å²) >= 11 is 0. The first-order valence-corrected chi connectivity index (χ1v) is 11.9. The Morgan fingerprint density at radius 2 is 1.78 bits per heavy atom. The van der Waals surface area contributed by atoms with E-state index < -0.39 is 10.0 Å². The molecule has 2 aromatic heterocycles. The van der Waals surface area contributed by atoms with E-state index in [2.05, 4.69) is 19.8 Å². The van der Waals surface area contributed by atoms with Crippen molar-refractivity contribution in [1.82, 2.24) is 19.7 Å². The second kappa shape index (κ2) is 8.19. The van der Waals surface area contributed by atoms with Crippen LogP contribution in [0.1, 0.15) is 24.0 Å². The van der Waals surface area contributed by atoms with E-state index in [4.69, 9.17) is 0 Å². The molecule has 0 radical (unpaired) electrons. The van der Waals surface area contributed by atoms with Gasteiger partial charge in [-0.15, -0.1) is 4.40 Å². The van der Waals surface area contributed by atoms with Crippen molar-refractivity contribution in [3.05, 3.63) is 72.2 Å². The lowest BCUT2D eigenvalue weighted by molar-refractivity contribution is -0.121. The number of carbonyl (C=O) groups excluding carboxylic acids is 1. The summed E-state index contributed by atoms with van der Waals surface area (Å²) in [5, 5.41) is 7.30. The minimum atomic E-state index is -3.65. The Kier molecular flexibility index (Phi) is 5.22. The molecule has 0 unspecified atom stereocenters. The zero-order valence-corrected chi connectivity index (χ0v) is 18.1. The SMILES string of the molecule is O=C(Nc1ccnn1Cc1ccncc1)C1CCN(C2=NS(=O)(=O)c3ccccc32)CC1. The third-order valence-corrected chi connectivity index (χ3v) is 7.15. The number of amidine groups is 1. The average molecular weight is 451 g/mol. The second-order valence-electron chi connectivity index (χ2n) is 7.87. The summed E-state index contributed by atoms with van der Waals surface area (Å²) in [6.45, 7) is 1.67. The number of nitrogens with zero attached hydrogens (tertiary/aromatic N) is 5. The lowest BCUT2D eigenvalue weighted by Gasteiger charge is -2.32. The van der Waals surface area contributed by atoms with Gasteiger partial charge in [0.25, 0.3) is 10.0 Å². The van der Waals surface area contributed by atoms with Crippen molar-refractivity contribution >= 4 is 27.6 Å². The topological polar surface area (TPSA) is 110 Å². The second-order valence-corrected chi connectivity index (χ2v) is 9.44. The molecule has 4 heterocycles. The third kappa shape index (κ3) is 3.89. The molecular weight excluding hydrogens is 428 g/mol. The van der Waals surface area contributed by atoms with E-state index in [9.17, 15) is 13.2 Å². The number of rotatable bonds is 4. The van der Waals surface area contributed by atoms with Crippen LogP contribution in [0.15, 0.2) is 70.3 Å². The fraction of sp³-hybridized carbons (Fsp3) is 0.273. The number of hydrogen-bond donors (Lipinski definition) is 1. The predicted octanol–water partition coefficient (Wildman–Crippen LogP) is 2.13. The number of pyridine rings is 1. The van der Waals surface area contributed by atoms with Gasteiger partial charge in [-0.05, 0) is 42.7 Å². The Morgan fingerprint density at radius 3 is 2.56 bits per heavy atom. The molecule has 32 heavy (non-hydrogen) atoms. The number of benzene rings is 1. The molecule has 5 rings (SSSR count). The van der Waals surface area contributed by atoms with Gasteiger partial charge in [-0.1, -0.05) is 12.1 Å². The van der Waals surface area contributed by atoms with Gasteiger partial charge in [0.2, 0.25) is 5.91 Å². The van der Waals surface area contributed by atoms with Crippen LogP contribution in [0.25, 0.3) is 0 Å². The molecule has 164 valence electrons. The van der Waals surface area contributed by atoms with Gasteiger partial charge in [-0.3, -0.25) is 9.78 Å². The van der Waals surface area contributed by atoms with Gasteiger partial charge in [-0.2, -0.15) is 13.5 Å². The zero-order chi connectivity index (χ0) is 22.1. The number of fused-ring (bicyclic) bond motifs is 1. The van der Waals surface area contributed by atoms with Gasteiger partial charge in [0.1, 0.15) is 10.7 Å². The third-order valence-electron chi connectivity index (χ3n) is 5.83. The molecule has 1 fully saturated rings. The van der Waals surface area contributed by atoms with E-state index >= 15 is 0 Å². The summed E-state index contributed by atoms with van der Waals surface area (Å²) in [7, 11) is -3.65. The van der Waals surface area contributed by atoms with Gasteiger partial charge < -0.3 is 10.2 Å². The molecular formula is C22H22N6O3S. The first-order chi connectivity index (χ1) is 15.5. The van der Waals surface area contributed by atoms with Gasteiger partial charge >= 0.3 is 0 Å². The van der Waals surface area contributed by atoms with Crippen molar-refractivity contribution < 1.29 is 13.2 Å². The standard InChI is InChI=1S/C22H22N6O3S/c29-22(25-20-7-12-24-28(20)15-16-5-10-23-11-6-16)17-8-13-27(14-9-17)21-18-3-1-2-4-19(18)32(30,31)26-21/h1-7,10-12,17H,8-9,13-15H2,(H,25,29). The highest BCUT2D eigenvalue weighted by Crippen LogP contribution is 2.30. The van der Waals surface area contributed by atoms with Crippen LogP contribution in [0.3, 0.4) is 0 Å². The van der Waals surface area contributed by atoms with E-state index in [1.54, 1.807) is 47.5 Å². The largest absolute Gasteiger partial charge is 0.355 e. The van der Waals surface area contributed by atoms with Crippen LogP contribution in [0, 0.1) is 5.92 Å². The summed E-state index contributed by atoms with van der Waals surface area (Å²) < 4.78 is 30.4. The normalized spacial score (nSPS) is 17.6. The van der Waals surface area contributed by atoms with E-state index in [0.29, 0.717) is 49.7 Å². The van der Waals surface area contributed by atoms with E-state index in [0.717, 1.165) is 5.56 Å². The molecule has 1 saturated heterocycles. The van der Waals surface area contributed by atoms with Crippen LogP contribution in [-0.4, -0.2) is 52.9 Å². The molecule has 1 N–H and O–H groups in total. The number of aromatic nitrogens is 3. The molecule has 0 saturated carbocycles. The van der Waals surface area contributed by atoms with Crippen molar-refractivity contribution in [3.63, 3.8) is 0 Å². The highest BCUT2D eigenvalue weighted by Gasteiger charge is 2.34. The van der Waals surface area contributed by atoms with Gasteiger partial charge in [0.15, 0.2) is 5.84 Å². The number of carbonyl (C=O) groups is 1. The predicted molar refractivity (Wildman–Crippen MR) is 119 cm³/mol. The van der Waals surface area contributed by atoms with Gasteiger partial charge in [-0.25, -0.2) is 4.68 Å². The van der Waals surface area contributed by atoms with Crippen molar-refractivity contribution in [2.45, 2.75) is 24.3 Å². The van der Waals surface area contributed by atoms with Gasteiger partial charge in [0.05, 0.1) is 12.7 Å². The Bertz CT molecular complexity index is 1280. The summed E-state index contributed by atoms with van der Waals surface area (Å²) in [5.74, 6) is 0.913. The van der Waals surface area contributed by atoms with E-state index in [1.807, 2.05) is 23.1 Å². The number of likely N-dealkylation sites (tertiary alicyclic amines) is 1. The number of piperidine rings is 1. The molecule has 1 amide bonds. The number of nitrogens with one attached hydrogen (secondary N) is 1. The maximum Gasteiger partial charge on any atom is 0.285 e. The maximum atomic E-state index is 12.9. The molecule has 0 bridgehead atoms. The van der Waals surface area contributed by atoms with Crippen LogP contribution in [0.5, 0.6) is 0 Å². The zero-order valence-electron chi connectivity index (χ0n) is 17.3. The number of sulfonamides is 1. The molecule has 3 aromatic rings. The number of hydrogen-bond acceptors (Lipinski definition) is 6. The van der Waals surface area contributed by atoms with Crippen LogP contribution in [0.2, 0.25) is 0 Å². The first kappa shape index (κ1) is 20.4. The Morgan fingerprint density at radius 1 is 1.03 bits per heavy atom. The van der Waals surface area contributed by atoms with Crippen molar-refractivity contribution in [3.8, 4) is 0 Å². The fourth-order valence-corrected chi connectivity index (χ4v) is 5.35. The molecule has 0 aliphatic carbocycles. The van der Waals surface area contributed by atoms with Crippen LogP contribution in [0.4, 0.5) is 5.82 Å². The van der Waals surface area contributed by atoms with E-state index in [1.165, 1.54) is 0 Å². The minimum Gasteiger partial charge on any atom is -0.355 e. The number of anilines is 1. The van der Waals surface area contributed by atoms with Crippen LogP contribution >= 0.6 is 0 Å². The molecule has 0 spiro atoms. The summed E-state index contributed by atoms with van der Waals surface area (Å²) in [6.07, 6.45) is 6.35. The first-order valence-electron chi connectivity index (χ1n) is 10.4. The molecule has 0 atom stereocenters. The van der Waals surface area contributed by atoms with Crippen LogP contribution in [-0.2, 0) is 21.4 Å². The molecule has 10 heteroatoms. The summed E-state index contributed by atoms with van der Waals surface area (Å²) in [4.78, 5) is 19.1. The quantitative estimate of drug-likeness (QED) is 0.652. The highest BCUT2D eigenvalue weighted by molar-refractivity contribution is 7.90. The Hall–Kier alpha value is -3.53. The summed E-state index contributed by atoms with van der Waals surface area (Å²) in [6, 6.07) is 12.5. The lowest BCUT2D eigenvalue weighted by Crippen LogP contribution is -2.41. The highest BCUT2D eigenvalue weighted by atomic mass is 32.2. The Balaban J connectivity index is 1.23. The van der Waals surface area contributed by atoms with Crippen molar-refractivity contribution in [1.29, 1.82) is 0 Å². The number of amides is 1. The van der Waals surface area contributed by atoms with Crippen molar-refractivity contribution in [2.24, 2.45) is 10.3 Å². The smallest absolute Gasteiger partial charge is 0.285 e. The van der Waals surface area contributed by atoms with Gasteiger partial charge in [0, 0.05) is 43.0 Å². The molecule has 2 aliphatic rings. The fourth-order valence-electron chi connectivity index (χ4n) is 4.12. The molecule has 1 aromatic carbocycles. The monoisotopic (exact) mass is 450 g/mol. The average Bonchev–Trinajstić information content (AvgIpc) is 3.36. The van der Waals surface area contributed by atoms with Crippen LogP contribution < -0.4 is 5.32 Å². The molecule has 9 nitrogen and oxygen atoms in total. The van der Waals surface area contributed by atoms with Crippen molar-refractivity contribution in [2.75, 3.05) is 18.4 Å². The van der Waals surface area contributed by atoms with E-state index in [-0.39, 0.29) is 16.7 Å². The Labute approximate surface area is 185 Å². The summed E-state index contributed by atoms with van der Waals surface area (Å²) in [5.41, 5.74) is 1.68. The molecule has 2 aliphatic heterocycles. The maximum absolute atomic E-state index is 12.9.